The predicted octanol–water partition coefficient (Wildman–Crippen LogP) is 3.89. The van der Waals surface area contributed by atoms with Gasteiger partial charge in [0.15, 0.2) is 0 Å². The topological polar surface area (TPSA) is 12.0 Å². The van der Waals surface area contributed by atoms with Crippen LogP contribution < -0.4 is 5.32 Å². The average molecular weight is 274 g/mol. The van der Waals surface area contributed by atoms with Crippen molar-refractivity contribution in [1.29, 1.82) is 0 Å². The van der Waals surface area contributed by atoms with Gasteiger partial charge in [0.25, 0.3) is 0 Å². The molecule has 1 fully saturated rings. The van der Waals surface area contributed by atoms with Crippen LogP contribution in [0.4, 0.5) is 0 Å². The minimum Gasteiger partial charge on any atom is -0.307 e. The van der Waals surface area contributed by atoms with Gasteiger partial charge in [-0.25, -0.2) is 0 Å². The zero-order chi connectivity index (χ0) is 10.0. The third-order valence-electron chi connectivity index (χ3n) is 3.05. The minimum atomic E-state index is 0.271. The van der Waals surface area contributed by atoms with Crippen LogP contribution in [0.2, 0.25) is 0 Å². The lowest BCUT2D eigenvalue weighted by molar-refractivity contribution is 0.355. The van der Waals surface area contributed by atoms with E-state index in [4.69, 9.17) is 0 Å². The molecule has 0 saturated carbocycles. The summed E-state index contributed by atoms with van der Waals surface area (Å²) in [6, 6.07) is 0. The van der Waals surface area contributed by atoms with Gasteiger partial charge in [0.1, 0.15) is 0 Å². The van der Waals surface area contributed by atoms with Gasteiger partial charge in [-0.1, -0.05) is 13.3 Å². The third-order valence-corrected chi connectivity index (χ3v) is 4.75. The molecule has 1 aromatic rings. The number of hydrogen-bond acceptors (Lipinski definition) is 2. The summed E-state index contributed by atoms with van der Waals surface area (Å²) < 4.78 is 1.28. The number of halogens is 1. The van der Waals surface area contributed by atoms with E-state index in [9.17, 15) is 0 Å². The molecule has 1 atom stereocenters. The summed E-state index contributed by atoms with van der Waals surface area (Å²) in [5.41, 5.74) is 1.75. The van der Waals surface area contributed by atoms with Crippen LogP contribution in [0, 0.1) is 0 Å². The Morgan fingerprint density at radius 2 is 2.43 bits per heavy atom. The fourth-order valence-electron chi connectivity index (χ4n) is 2.43. The highest BCUT2D eigenvalue weighted by molar-refractivity contribution is 9.10. The molecule has 1 aromatic heterocycles. The first-order chi connectivity index (χ1) is 6.78. The second-order valence-corrected chi connectivity index (χ2v) is 5.59. The first-order valence-electron chi connectivity index (χ1n) is 5.26. The summed E-state index contributed by atoms with van der Waals surface area (Å²) in [4.78, 5) is 0. The van der Waals surface area contributed by atoms with Gasteiger partial charge in [0, 0.05) is 15.4 Å². The predicted molar refractivity (Wildman–Crippen MR) is 65.8 cm³/mol. The Hall–Kier alpha value is 0.140. The van der Waals surface area contributed by atoms with Gasteiger partial charge in [-0.15, -0.1) is 0 Å². The van der Waals surface area contributed by atoms with E-state index in [1.165, 1.54) is 42.3 Å². The van der Waals surface area contributed by atoms with Gasteiger partial charge in [0.05, 0.1) is 0 Å². The largest absolute Gasteiger partial charge is 0.307 e. The monoisotopic (exact) mass is 273 g/mol. The number of rotatable bonds is 3. The molecular formula is C11H16BrNS. The molecule has 78 valence electrons. The van der Waals surface area contributed by atoms with Gasteiger partial charge in [-0.05, 0) is 52.7 Å². The van der Waals surface area contributed by atoms with Crippen LogP contribution >= 0.6 is 27.3 Å². The van der Waals surface area contributed by atoms with E-state index in [1.54, 1.807) is 11.3 Å². The average Bonchev–Trinajstić information content (AvgIpc) is 2.75. The molecule has 0 bridgehead atoms. The van der Waals surface area contributed by atoms with Crippen molar-refractivity contribution in [2.24, 2.45) is 0 Å². The minimum absolute atomic E-state index is 0.271. The van der Waals surface area contributed by atoms with Gasteiger partial charge in [-0.2, -0.15) is 11.3 Å². The quantitative estimate of drug-likeness (QED) is 0.881. The standard InChI is InChI=1S/C11H16BrNS/c1-2-4-11(5-3-6-13-11)9-7-14-8-10(9)12/h7-8,13H,2-6H2,1H3. The lowest BCUT2D eigenvalue weighted by atomic mass is 9.86. The van der Waals surface area contributed by atoms with Crippen molar-refractivity contribution in [2.75, 3.05) is 6.54 Å². The van der Waals surface area contributed by atoms with Gasteiger partial charge in [-0.3, -0.25) is 0 Å². The zero-order valence-electron chi connectivity index (χ0n) is 8.48. The van der Waals surface area contributed by atoms with Crippen molar-refractivity contribution in [3.05, 3.63) is 20.8 Å². The highest BCUT2D eigenvalue weighted by Crippen LogP contribution is 2.40. The zero-order valence-corrected chi connectivity index (χ0v) is 10.9. The number of hydrogen-bond donors (Lipinski definition) is 1. The summed E-state index contributed by atoms with van der Waals surface area (Å²) in [6.07, 6.45) is 5.09. The fraction of sp³-hybridized carbons (Fsp3) is 0.636. The summed E-state index contributed by atoms with van der Waals surface area (Å²) in [6.45, 7) is 3.43. The van der Waals surface area contributed by atoms with E-state index in [2.05, 4.69) is 38.9 Å². The second kappa shape index (κ2) is 4.33. The van der Waals surface area contributed by atoms with E-state index in [0.29, 0.717) is 0 Å². The maximum Gasteiger partial charge on any atom is 0.0454 e. The molecule has 0 radical (unpaired) electrons. The normalized spacial score (nSPS) is 27.0. The van der Waals surface area contributed by atoms with E-state index in [1.807, 2.05) is 0 Å². The molecule has 1 nitrogen and oxygen atoms in total. The van der Waals surface area contributed by atoms with E-state index < -0.39 is 0 Å². The molecule has 3 heteroatoms. The van der Waals surface area contributed by atoms with Gasteiger partial charge in [0.2, 0.25) is 0 Å². The second-order valence-electron chi connectivity index (χ2n) is 4.00. The van der Waals surface area contributed by atoms with Crippen molar-refractivity contribution in [3.8, 4) is 0 Å². The SMILES string of the molecule is CCCC1(c2cscc2Br)CCCN1. The van der Waals surface area contributed by atoms with Crippen LogP contribution in [0.25, 0.3) is 0 Å². The third kappa shape index (κ3) is 1.77. The molecule has 1 aliphatic heterocycles. The molecule has 0 aromatic carbocycles. The Morgan fingerprint density at radius 1 is 1.57 bits per heavy atom. The van der Waals surface area contributed by atoms with Crippen LogP contribution in [0.15, 0.2) is 15.2 Å². The molecule has 14 heavy (non-hydrogen) atoms. The van der Waals surface area contributed by atoms with Crippen molar-refractivity contribution < 1.29 is 0 Å². The summed E-state index contributed by atoms with van der Waals surface area (Å²) in [5.74, 6) is 0. The van der Waals surface area contributed by atoms with Crippen LogP contribution in [0.3, 0.4) is 0 Å². The Labute approximate surface area is 98.0 Å². The van der Waals surface area contributed by atoms with E-state index in [-0.39, 0.29) is 5.54 Å². The maximum atomic E-state index is 3.69. The first-order valence-corrected chi connectivity index (χ1v) is 6.99. The van der Waals surface area contributed by atoms with E-state index >= 15 is 0 Å². The Bertz CT molecular complexity index is 302. The molecule has 1 aliphatic rings. The number of thiophene rings is 1. The van der Waals surface area contributed by atoms with Crippen molar-refractivity contribution in [2.45, 2.75) is 38.1 Å². The van der Waals surface area contributed by atoms with Crippen LogP contribution in [0.5, 0.6) is 0 Å². The first kappa shape index (κ1) is 10.7. The molecule has 1 saturated heterocycles. The van der Waals surface area contributed by atoms with Crippen molar-refractivity contribution >= 4 is 27.3 Å². The Balaban J connectivity index is 2.31. The lowest BCUT2D eigenvalue weighted by Gasteiger charge is -2.29. The molecule has 1 N–H and O–H groups in total. The van der Waals surface area contributed by atoms with Gasteiger partial charge < -0.3 is 5.32 Å². The molecule has 0 spiro atoms. The van der Waals surface area contributed by atoms with Crippen LogP contribution in [-0.4, -0.2) is 6.54 Å². The van der Waals surface area contributed by atoms with Crippen LogP contribution in [-0.2, 0) is 5.54 Å². The molecular weight excluding hydrogens is 258 g/mol. The smallest absolute Gasteiger partial charge is 0.0454 e. The van der Waals surface area contributed by atoms with Crippen molar-refractivity contribution in [1.82, 2.24) is 5.32 Å². The Morgan fingerprint density at radius 3 is 2.93 bits per heavy atom. The number of nitrogens with one attached hydrogen (secondary N) is 1. The Kier molecular flexibility index (Phi) is 3.30. The highest BCUT2D eigenvalue weighted by Gasteiger charge is 2.35. The summed E-state index contributed by atoms with van der Waals surface area (Å²) >= 11 is 5.44. The maximum absolute atomic E-state index is 3.69. The van der Waals surface area contributed by atoms with Gasteiger partial charge >= 0.3 is 0 Å². The fourth-order valence-corrected chi connectivity index (χ4v) is 4.21. The van der Waals surface area contributed by atoms with Crippen molar-refractivity contribution in [3.63, 3.8) is 0 Å². The highest BCUT2D eigenvalue weighted by atomic mass is 79.9. The molecule has 1 unspecified atom stereocenters. The molecule has 0 amide bonds. The molecule has 0 aliphatic carbocycles. The van der Waals surface area contributed by atoms with Crippen LogP contribution in [0.1, 0.15) is 38.2 Å². The molecule has 2 heterocycles. The van der Waals surface area contributed by atoms with E-state index in [0.717, 1.165) is 0 Å². The molecule has 2 rings (SSSR count). The lowest BCUT2D eigenvalue weighted by Crippen LogP contribution is -2.36. The summed E-state index contributed by atoms with van der Waals surface area (Å²) in [7, 11) is 0. The summed E-state index contributed by atoms with van der Waals surface area (Å²) in [5, 5.41) is 8.17.